The van der Waals surface area contributed by atoms with Gasteiger partial charge in [0.25, 0.3) is 5.91 Å². The molecule has 0 saturated heterocycles. The van der Waals surface area contributed by atoms with Gasteiger partial charge in [-0.15, -0.1) is 24.0 Å². The lowest BCUT2D eigenvalue weighted by atomic mass is 10.1. The average molecular weight is 537 g/mol. The molecule has 2 aromatic carbocycles. The third kappa shape index (κ3) is 10.6. The highest BCUT2D eigenvalue weighted by molar-refractivity contribution is 14.0. The Labute approximate surface area is 203 Å². The SMILES string of the molecule is CCNC(=NCCCN(C)Cc1ccccc1)NCCc1cccc(C(=O)NC)c1.I. The van der Waals surface area contributed by atoms with E-state index in [4.69, 9.17) is 0 Å². The predicted octanol–water partition coefficient (Wildman–Crippen LogP) is 3.28. The molecule has 2 rings (SSSR count). The fourth-order valence-electron chi connectivity index (χ4n) is 3.19. The molecule has 0 heterocycles. The minimum absolute atomic E-state index is 0. The van der Waals surface area contributed by atoms with E-state index in [0.29, 0.717) is 5.56 Å². The summed E-state index contributed by atoms with van der Waals surface area (Å²) in [5, 5.41) is 9.34. The van der Waals surface area contributed by atoms with Gasteiger partial charge in [0.15, 0.2) is 5.96 Å². The number of carbonyl (C=O) groups is 1. The minimum Gasteiger partial charge on any atom is -0.357 e. The van der Waals surface area contributed by atoms with E-state index in [9.17, 15) is 4.79 Å². The second kappa shape index (κ2) is 15.6. The molecule has 31 heavy (non-hydrogen) atoms. The summed E-state index contributed by atoms with van der Waals surface area (Å²) in [6.45, 7) is 6.39. The zero-order valence-electron chi connectivity index (χ0n) is 18.9. The van der Waals surface area contributed by atoms with Gasteiger partial charge < -0.3 is 20.9 Å². The Morgan fingerprint density at radius 3 is 2.48 bits per heavy atom. The number of aliphatic imine (C=N–C) groups is 1. The molecular formula is C24H36IN5O. The number of benzene rings is 2. The van der Waals surface area contributed by atoms with E-state index in [1.165, 1.54) is 5.56 Å². The van der Waals surface area contributed by atoms with E-state index in [0.717, 1.165) is 57.1 Å². The Morgan fingerprint density at radius 1 is 1.03 bits per heavy atom. The lowest BCUT2D eigenvalue weighted by molar-refractivity contribution is 0.0963. The van der Waals surface area contributed by atoms with Crippen molar-refractivity contribution in [1.82, 2.24) is 20.9 Å². The normalized spacial score (nSPS) is 11.0. The zero-order valence-corrected chi connectivity index (χ0v) is 21.2. The predicted molar refractivity (Wildman–Crippen MR) is 140 cm³/mol. The van der Waals surface area contributed by atoms with Crippen molar-refractivity contribution < 1.29 is 4.79 Å². The Kier molecular flexibility index (Phi) is 13.6. The number of rotatable bonds is 11. The van der Waals surface area contributed by atoms with Crippen molar-refractivity contribution in [3.8, 4) is 0 Å². The molecule has 0 aliphatic rings. The zero-order chi connectivity index (χ0) is 21.6. The third-order valence-corrected chi connectivity index (χ3v) is 4.73. The lowest BCUT2D eigenvalue weighted by Crippen LogP contribution is -2.38. The summed E-state index contributed by atoms with van der Waals surface area (Å²) < 4.78 is 0. The Morgan fingerprint density at radius 2 is 1.77 bits per heavy atom. The van der Waals surface area contributed by atoms with Crippen molar-refractivity contribution >= 4 is 35.8 Å². The van der Waals surface area contributed by atoms with Crippen LogP contribution in [0, 0.1) is 0 Å². The van der Waals surface area contributed by atoms with E-state index < -0.39 is 0 Å². The van der Waals surface area contributed by atoms with Crippen molar-refractivity contribution in [2.24, 2.45) is 4.99 Å². The van der Waals surface area contributed by atoms with E-state index in [2.05, 4.69) is 64.1 Å². The van der Waals surface area contributed by atoms with Gasteiger partial charge in [-0.2, -0.15) is 0 Å². The topological polar surface area (TPSA) is 68.8 Å². The summed E-state index contributed by atoms with van der Waals surface area (Å²) in [5.74, 6) is 0.780. The monoisotopic (exact) mass is 537 g/mol. The molecule has 3 N–H and O–H groups in total. The third-order valence-electron chi connectivity index (χ3n) is 4.73. The molecule has 0 unspecified atom stereocenters. The molecule has 170 valence electrons. The second-order valence-corrected chi connectivity index (χ2v) is 7.29. The van der Waals surface area contributed by atoms with Crippen LogP contribution in [0.3, 0.4) is 0 Å². The summed E-state index contributed by atoms with van der Waals surface area (Å²) in [6.07, 6.45) is 1.84. The van der Waals surface area contributed by atoms with Gasteiger partial charge in [0.1, 0.15) is 0 Å². The highest BCUT2D eigenvalue weighted by Gasteiger charge is 2.04. The number of guanidine groups is 1. The molecule has 7 heteroatoms. The highest BCUT2D eigenvalue weighted by Crippen LogP contribution is 2.06. The first-order valence-corrected chi connectivity index (χ1v) is 10.7. The maximum Gasteiger partial charge on any atom is 0.251 e. The molecule has 0 spiro atoms. The second-order valence-electron chi connectivity index (χ2n) is 7.29. The molecular weight excluding hydrogens is 501 g/mol. The van der Waals surface area contributed by atoms with Gasteiger partial charge in [0, 0.05) is 38.8 Å². The van der Waals surface area contributed by atoms with E-state index >= 15 is 0 Å². The summed E-state index contributed by atoms with van der Waals surface area (Å²) in [7, 11) is 3.79. The molecule has 0 saturated carbocycles. The van der Waals surface area contributed by atoms with E-state index in [1.807, 2.05) is 30.3 Å². The Balaban J connectivity index is 0.00000480. The van der Waals surface area contributed by atoms with Crippen molar-refractivity contribution in [3.05, 3.63) is 71.3 Å². The van der Waals surface area contributed by atoms with Gasteiger partial charge in [0.05, 0.1) is 0 Å². The maximum absolute atomic E-state index is 11.8. The smallest absolute Gasteiger partial charge is 0.251 e. The van der Waals surface area contributed by atoms with Gasteiger partial charge >= 0.3 is 0 Å². The van der Waals surface area contributed by atoms with Gasteiger partial charge in [0.2, 0.25) is 0 Å². The number of nitrogens with one attached hydrogen (secondary N) is 3. The van der Waals surface area contributed by atoms with Crippen LogP contribution in [0.4, 0.5) is 0 Å². The first kappa shape index (κ1) is 26.9. The fraction of sp³-hybridized carbons (Fsp3) is 0.417. The van der Waals surface area contributed by atoms with Crippen LogP contribution in [0.1, 0.15) is 34.8 Å². The van der Waals surface area contributed by atoms with Crippen molar-refractivity contribution in [2.75, 3.05) is 40.3 Å². The summed E-state index contributed by atoms with van der Waals surface area (Å²) in [4.78, 5) is 18.8. The molecule has 0 aliphatic heterocycles. The van der Waals surface area contributed by atoms with Crippen LogP contribution >= 0.6 is 24.0 Å². The largest absolute Gasteiger partial charge is 0.357 e. The molecule has 1 amide bonds. The van der Waals surface area contributed by atoms with Crippen LogP contribution in [-0.4, -0.2) is 57.0 Å². The fourth-order valence-corrected chi connectivity index (χ4v) is 3.19. The average Bonchev–Trinajstić information content (AvgIpc) is 2.77. The number of halogens is 1. The van der Waals surface area contributed by atoms with Crippen LogP contribution in [0.15, 0.2) is 59.6 Å². The maximum atomic E-state index is 11.8. The van der Waals surface area contributed by atoms with Crippen LogP contribution in [0.25, 0.3) is 0 Å². The number of nitrogens with zero attached hydrogens (tertiary/aromatic N) is 2. The number of hydrogen-bond donors (Lipinski definition) is 3. The molecule has 0 radical (unpaired) electrons. The molecule has 0 atom stereocenters. The van der Waals surface area contributed by atoms with Crippen molar-refractivity contribution in [1.29, 1.82) is 0 Å². The van der Waals surface area contributed by atoms with Crippen LogP contribution in [-0.2, 0) is 13.0 Å². The van der Waals surface area contributed by atoms with Gasteiger partial charge in [-0.25, -0.2) is 0 Å². The summed E-state index contributed by atoms with van der Waals surface area (Å²) >= 11 is 0. The van der Waals surface area contributed by atoms with Gasteiger partial charge in [-0.3, -0.25) is 9.79 Å². The number of amides is 1. The van der Waals surface area contributed by atoms with Crippen molar-refractivity contribution in [3.63, 3.8) is 0 Å². The number of carbonyl (C=O) groups excluding carboxylic acids is 1. The lowest BCUT2D eigenvalue weighted by Gasteiger charge is -2.16. The standard InChI is InChI=1S/C24H35N5O.HI/c1-4-26-24(27-15-9-17-29(3)19-21-10-6-5-7-11-21)28-16-14-20-12-8-13-22(18-20)23(30)25-2;/h5-8,10-13,18H,4,9,14-17,19H2,1-3H3,(H,25,30)(H2,26,27,28);1H. The van der Waals surface area contributed by atoms with E-state index in [1.54, 1.807) is 7.05 Å². The van der Waals surface area contributed by atoms with Gasteiger partial charge in [-0.05, 0) is 56.6 Å². The highest BCUT2D eigenvalue weighted by atomic mass is 127. The molecule has 0 bridgehead atoms. The first-order chi connectivity index (χ1) is 14.6. The molecule has 0 aliphatic carbocycles. The van der Waals surface area contributed by atoms with Crippen molar-refractivity contribution in [2.45, 2.75) is 26.3 Å². The molecule has 6 nitrogen and oxygen atoms in total. The molecule has 0 fully saturated rings. The minimum atomic E-state index is -0.0584. The quantitative estimate of drug-likeness (QED) is 0.178. The molecule has 0 aromatic heterocycles. The van der Waals surface area contributed by atoms with Crippen LogP contribution in [0.2, 0.25) is 0 Å². The van der Waals surface area contributed by atoms with Crippen LogP contribution < -0.4 is 16.0 Å². The Bertz CT molecular complexity index is 798. The molecule has 2 aromatic rings. The Hall–Kier alpha value is -2.13. The van der Waals surface area contributed by atoms with Gasteiger partial charge in [-0.1, -0.05) is 42.5 Å². The first-order valence-electron chi connectivity index (χ1n) is 10.7. The van der Waals surface area contributed by atoms with E-state index in [-0.39, 0.29) is 29.9 Å². The number of hydrogen-bond acceptors (Lipinski definition) is 3. The summed E-state index contributed by atoms with van der Waals surface area (Å²) in [5.41, 5.74) is 3.15. The summed E-state index contributed by atoms with van der Waals surface area (Å²) in [6, 6.07) is 18.3. The van der Waals surface area contributed by atoms with Crippen LogP contribution in [0.5, 0.6) is 0 Å².